The molecule has 0 unspecified atom stereocenters. The summed E-state index contributed by atoms with van der Waals surface area (Å²) in [6.45, 7) is 5.79. The van der Waals surface area contributed by atoms with E-state index in [0.717, 1.165) is 10.7 Å². The normalized spacial score (nSPS) is 10.4. The quantitative estimate of drug-likeness (QED) is 0.221. The van der Waals surface area contributed by atoms with E-state index in [1.807, 2.05) is 30.5 Å². The van der Waals surface area contributed by atoms with Crippen molar-refractivity contribution in [1.29, 1.82) is 0 Å². The van der Waals surface area contributed by atoms with Gasteiger partial charge in [-0.1, -0.05) is 48.0 Å². The SMILES string of the molecule is COc1cccc(F)c1CNCCCNC(=O)c1cccc(C(=O)N(C)Cc2nc(C)cs2)c1.Cc1ccccc1. The number of halogens is 1. The van der Waals surface area contributed by atoms with E-state index in [4.69, 9.17) is 4.74 Å². The van der Waals surface area contributed by atoms with Crippen LogP contribution in [0.25, 0.3) is 0 Å². The Kier molecular flexibility index (Phi) is 12.5. The topological polar surface area (TPSA) is 83.6 Å². The number of hydrogen-bond donors (Lipinski definition) is 2. The molecular weight excluding hydrogens is 539 g/mol. The van der Waals surface area contributed by atoms with Crippen LogP contribution < -0.4 is 15.4 Å². The molecule has 4 rings (SSSR count). The molecule has 7 nitrogen and oxygen atoms in total. The fourth-order valence-corrected chi connectivity index (χ4v) is 4.75. The first-order chi connectivity index (χ1) is 19.8. The Labute approximate surface area is 245 Å². The van der Waals surface area contributed by atoms with E-state index in [2.05, 4.69) is 34.7 Å². The van der Waals surface area contributed by atoms with Crippen LogP contribution in [0.2, 0.25) is 0 Å². The lowest BCUT2D eigenvalue weighted by molar-refractivity contribution is 0.0785. The lowest BCUT2D eigenvalue weighted by Gasteiger charge is -2.16. The van der Waals surface area contributed by atoms with Crippen molar-refractivity contribution in [2.75, 3.05) is 27.2 Å². The number of aryl methyl sites for hydroxylation is 2. The van der Waals surface area contributed by atoms with Gasteiger partial charge in [0.15, 0.2) is 0 Å². The third kappa shape index (κ3) is 10.1. The Morgan fingerprint density at radius 1 is 0.976 bits per heavy atom. The average Bonchev–Trinajstić information content (AvgIpc) is 3.39. The van der Waals surface area contributed by atoms with E-state index in [1.54, 1.807) is 48.3 Å². The highest BCUT2D eigenvalue weighted by Gasteiger charge is 2.16. The van der Waals surface area contributed by atoms with Crippen LogP contribution >= 0.6 is 11.3 Å². The first-order valence-electron chi connectivity index (χ1n) is 13.4. The molecule has 0 aliphatic carbocycles. The van der Waals surface area contributed by atoms with Crippen molar-refractivity contribution in [3.05, 3.63) is 117 Å². The number of carbonyl (C=O) groups excluding carboxylic acids is 2. The van der Waals surface area contributed by atoms with Gasteiger partial charge in [0.05, 0.1) is 13.7 Å². The zero-order valence-electron chi connectivity index (χ0n) is 23.9. The molecule has 4 aromatic rings. The molecule has 0 atom stereocenters. The van der Waals surface area contributed by atoms with Gasteiger partial charge in [0.25, 0.3) is 11.8 Å². The summed E-state index contributed by atoms with van der Waals surface area (Å²) in [6, 6.07) is 21.7. The standard InChI is InChI=1S/C25H29FN4O3S.C7H8/c1-17-16-34-23(29-17)15-30(2)25(32)19-8-4-7-18(13-19)24(31)28-12-6-11-27-14-20-21(26)9-5-10-22(20)33-3;1-7-5-3-2-4-6-7/h4-5,7-10,13,16,27H,6,11-12,14-15H2,1-3H3,(H,28,31);2-6H,1H3. The Morgan fingerprint density at radius 3 is 2.37 bits per heavy atom. The highest BCUT2D eigenvalue weighted by molar-refractivity contribution is 7.09. The molecule has 2 amide bonds. The second-order valence-corrected chi connectivity index (χ2v) is 10.4. The summed E-state index contributed by atoms with van der Waals surface area (Å²) in [5.41, 5.74) is 3.60. The van der Waals surface area contributed by atoms with Crippen molar-refractivity contribution in [3.8, 4) is 5.75 Å². The van der Waals surface area contributed by atoms with Crippen LogP contribution in [0, 0.1) is 19.7 Å². The van der Waals surface area contributed by atoms with Crippen LogP contribution in [0.5, 0.6) is 5.75 Å². The third-order valence-electron chi connectivity index (χ3n) is 6.11. The minimum Gasteiger partial charge on any atom is -0.496 e. The number of aromatic nitrogens is 1. The zero-order valence-corrected chi connectivity index (χ0v) is 24.8. The Morgan fingerprint density at radius 2 is 1.71 bits per heavy atom. The van der Waals surface area contributed by atoms with Gasteiger partial charge in [0.2, 0.25) is 0 Å². The maximum absolute atomic E-state index is 13.9. The van der Waals surface area contributed by atoms with Gasteiger partial charge in [-0.2, -0.15) is 0 Å². The van der Waals surface area contributed by atoms with Crippen molar-refractivity contribution >= 4 is 23.2 Å². The van der Waals surface area contributed by atoms with Gasteiger partial charge in [0.1, 0.15) is 16.6 Å². The van der Waals surface area contributed by atoms with E-state index in [0.29, 0.717) is 55.0 Å². The summed E-state index contributed by atoms with van der Waals surface area (Å²) in [5.74, 6) is -0.233. The van der Waals surface area contributed by atoms with Crippen LogP contribution in [-0.2, 0) is 13.1 Å². The van der Waals surface area contributed by atoms with Crippen LogP contribution in [0.15, 0.2) is 78.2 Å². The Bertz CT molecular complexity index is 1410. The highest BCUT2D eigenvalue weighted by Crippen LogP contribution is 2.20. The van der Waals surface area contributed by atoms with Crippen molar-refractivity contribution in [1.82, 2.24) is 20.5 Å². The van der Waals surface area contributed by atoms with Crippen molar-refractivity contribution in [2.45, 2.75) is 33.4 Å². The van der Waals surface area contributed by atoms with Crippen molar-refractivity contribution in [2.24, 2.45) is 0 Å². The number of carbonyl (C=O) groups is 2. The average molecular weight is 577 g/mol. The first-order valence-corrected chi connectivity index (χ1v) is 14.2. The molecule has 2 N–H and O–H groups in total. The summed E-state index contributed by atoms with van der Waals surface area (Å²) < 4.78 is 19.1. The summed E-state index contributed by atoms with van der Waals surface area (Å²) >= 11 is 1.52. The molecule has 0 bridgehead atoms. The monoisotopic (exact) mass is 576 g/mol. The smallest absolute Gasteiger partial charge is 0.253 e. The number of methoxy groups -OCH3 is 1. The summed E-state index contributed by atoms with van der Waals surface area (Å²) in [6.07, 6.45) is 0.664. The number of nitrogens with zero attached hydrogens (tertiary/aromatic N) is 2. The number of benzene rings is 3. The third-order valence-corrected chi connectivity index (χ3v) is 7.06. The predicted molar refractivity (Wildman–Crippen MR) is 162 cm³/mol. The summed E-state index contributed by atoms with van der Waals surface area (Å²) in [7, 11) is 3.23. The molecule has 1 heterocycles. The number of thiazole rings is 1. The molecule has 0 radical (unpaired) electrons. The minimum absolute atomic E-state index is 0.171. The number of hydrogen-bond acceptors (Lipinski definition) is 6. The van der Waals surface area contributed by atoms with Crippen LogP contribution in [0.3, 0.4) is 0 Å². The van der Waals surface area contributed by atoms with E-state index in [1.165, 1.54) is 30.1 Å². The van der Waals surface area contributed by atoms with Gasteiger partial charge in [-0.05, 0) is 57.1 Å². The molecule has 216 valence electrons. The van der Waals surface area contributed by atoms with Gasteiger partial charge >= 0.3 is 0 Å². The van der Waals surface area contributed by atoms with Crippen LogP contribution in [-0.4, -0.2) is 48.9 Å². The van der Waals surface area contributed by atoms with Crippen LogP contribution in [0.1, 0.15) is 49.0 Å². The molecule has 0 aliphatic rings. The zero-order chi connectivity index (χ0) is 29.6. The lowest BCUT2D eigenvalue weighted by Crippen LogP contribution is -2.28. The van der Waals surface area contributed by atoms with Crippen molar-refractivity contribution < 1.29 is 18.7 Å². The van der Waals surface area contributed by atoms with Gasteiger partial charge in [-0.3, -0.25) is 9.59 Å². The fourth-order valence-electron chi connectivity index (χ4n) is 3.93. The molecule has 0 saturated carbocycles. The largest absolute Gasteiger partial charge is 0.496 e. The number of nitrogens with one attached hydrogen (secondary N) is 2. The van der Waals surface area contributed by atoms with Gasteiger partial charge in [-0.15, -0.1) is 11.3 Å². The molecule has 1 aromatic heterocycles. The van der Waals surface area contributed by atoms with E-state index < -0.39 is 0 Å². The maximum Gasteiger partial charge on any atom is 0.253 e. The van der Waals surface area contributed by atoms with E-state index >= 15 is 0 Å². The van der Waals surface area contributed by atoms with Gasteiger partial charge in [0, 0.05) is 47.9 Å². The molecule has 0 aliphatic heterocycles. The Balaban J connectivity index is 0.000000575. The molecule has 3 aromatic carbocycles. The van der Waals surface area contributed by atoms with Gasteiger partial charge in [-0.25, -0.2) is 9.37 Å². The highest BCUT2D eigenvalue weighted by atomic mass is 32.1. The summed E-state index contributed by atoms with van der Waals surface area (Å²) in [4.78, 5) is 31.3. The Hall–Kier alpha value is -4.08. The number of amides is 2. The molecule has 9 heteroatoms. The molecular formula is C32H37FN4O3S. The fraction of sp³-hybridized carbons (Fsp3) is 0.281. The molecule has 0 saturated heterocycles. The molecule has 0 fully saturated rings. The molecule has 0 spiro atoms. The predicted octanol–water partition coefficient (Wildman–Crippen LogP) is 5.78. The molecule has 41 heavy (non-hydrogen) atoms. The number of rotatable bonds is 11. The van der Waals surface area contributed by atoms with Crippen LogP contribution in [0.4, 0.5) is 4.39 Å². The first kappa shape index (κ1) is 31.4. The number of ether oxygens (including phenoxy) is 1. The lowest BCUT2D eigenvalue weighted by atomic mass is 10.1. The second kappa shape index (κ2) is 16.2. The maximum atomic E-state index is 13.9. The summed E-state index contributed by atoms with van der Waals surface area (Å²) in [5, 5.41) is 8.84. The van der Waals surface area contributed by atoms with E-state index in [-0.39, 0.29) is 17.6 Å². The van der Waals surface area contributed by atoms with E-state index in [9.17, 15) is 14.0 Å². The van der Waals surface area contributed by atoms with Crippen molar-refractivity contribution in [3.63, 3.8) is 0 Å². The van der Waals surface area contributed by atoms with Gasteiger partial charge < -0.3 is 20.3 Å². The minimum atomic E-state index is -0.318. The second-order valence-electron chi connectivity index (χ2n) is 9.49.